The van der Waals surface area contributed by atoms with Gasteiger partial charge in [-0.2, -0.15) is 10.2 Å². The van der Waals surface area contributed by atoms with Crippen molar-refractivity contribution < 1.29 is 9.59 Å². The van der Waals surface area contributed by atoms with Gasteiger partial charge in [-0.3, -0.25) is 14.9 Å². The van der Waals surface area contributed by atoms with Crippen LogP contribution in [0.5, 0.6) is 0 Å². The van der Waals surface area contributed by atoms with Crippen LogP contribution < -0.4 is 16.0 Å². The third-order valence-electron chi connectivity index (χ3n) is 5.91. The monoisotopic (exact) mass is 481 g/mol. The van der Waals surface area contributed by atoms with E-state index in [1.165, 1.54) is 11.3 Å². The van der Waals surface area contributed by atoms with Crippen LogP contribution in [0.4, 0.5) is 10.5 Å². The number of fused-ring (bicyclic) bond motifs is 1. The van der Waals surface area contributed by atoms with Gasteiger partial charge in [0.25, 0.3) is 11.1 Å². The summed E-state index contributed by atoms with van der Waals surface area (Å²) >= 11 is 0.912. The van der Waals surface area contributed by atoms with Crippen LogP contribution in [-0.2, 0) is 4.79 Å². The number of aromatic nitrogens is 2. The summed E-state index contributed by atoms with van der Waals surface area (Å²) < 4.78 is 0. The van der Waals surface area contributed by atoms with E-state index in [0.717, 1.165) is 65.3 Å². The molecule has 1 atom stereocenters. The van der Waals surface area contributed by atoms with Gasteiger partial charge in [0.15, 0.2) is 0 Å². The highest BCUT2D eigenvalue weighted by molar-refractivity contribution is 8.18. The van der Waals surface area contributed by atoms with Gasteiger partial charge in [-0.05, 0) is 78.6 Å². The molecule has 1 aromatic heterocycles. The molecule has 0 spiro atoms. The van der Waals surface area contributed by atoms with Crippen LogP contribution in [0, 0.1) is 6.92 Å². The molecule has 0 unspecified atom stereocenters. The minimum absolute atomic E-state index is 0. The number of imide groups is 1. The molecule has 2 aliphatic heterocycles. The number of nitrogens with two attached hydrogens (primary N) is 1. The van der Waals surface area contributed by atoms with Crippen molar-refractivity contribution in [3.8, 4) is 11.1 Å². The lowest BCUT2D eigenvalue weighted by molar-refractivity contribution is -0.115. The molecule has 2 aromatic carbocycles. The van der Waals surface area contributed by atoms with Crippen molar-refractivity contribution in [1.82, 2.24) is 15.5 Å². The normalized spacial score (nSPS) is 19.6. The van der Waals surface area contributed by atoms with Gasteiger partial charge in [0, 0.05) is 35.8 Å². The van der Waals surface area contributed by atoms with E-state index in [2.05, 4.69) is 45.5 Å². The first kappa shape index (κ1) is 23.2. The molecule has 2 aliphatic rings. The molecule has 0 radical (unpaired) electrons. The quantitative estimate of drug-likeness (QED) is 0.538. The van der Waals surface area contributed by atoms with E-state index in [4.69, 9.17) is 5.73 Å². The second-order valence-electron chi connectivity index (χ2n) is 8.24. The molecule has 33 heavy (non-hydrogen) atoms. The summed E-state index contributed by atoms with van der Waals surface area (Å²) in [6.45, 7) is 4.03. The first-order chi connectivity index (χ1) is 15.5. The van der Waals surface area contributed by atoms with Crippen molar-refractivity contribution in [3.05, 3.63) is 58.6 Å². The Morgan fingerprint density at radius 2 is 2.06 bits per heavy atom. The van der Waals surface area contributed by atoms with Crippen molar-refractivity contribution >= 4 is 58.0 Å². The molecule has 3 heterocycles. The molecule has 9 heteroatoms. The number of benzene rings is 2. The molecule has 5 rings (SSSR count). The average Bonchev–Trinajstić information content (AvgIpc) is 3.09. The number of nitrogens with zero attached hydrogens (tertiary/aromatic N) is 3. The number of piperidine rings is 1. The number of hydrogen-bond acceptors (Lipinski definition) is 7. The standard InChI is InChI=1S/C24H23N5O2S.ClH/c1-14-9-16(5-7-21(14)29-8-2-3-17(25)13-29)19-12-26-28-20-6-4-15(10-18(19)20)11-22-23(30)27-24(31)32-22;/h4-7,9-12,17H,2-3,8,13,25H2,1H3,(H,27,30,31);1H/t17-;/m1./s1. The number of hydrogen-bond donors (Lipinski definition) is 2. The summed E-state index contributed by atoms with van der Waals surface area (Å²) in [7, 11) is 0. The van der Waals surface area contributed by atoms with Gasteiger partial charge in [-0.15, -0.1) is 12.4 Å². The summed E-state index contributed by atoms with van der Waals surface area (Å²) in [6.07, 6.45) is 5.68. The van der Waals surface area contributed by atoms with Crippen LogP contribution in [-0.4, -0.2) is 40.5 Å². The summed E-state index contributed by atoms with van der Waals surface area (Å²) in [5.74, 6) is -0.364. The number of anilines is 1. The maximum atomic E-state index is 11.9. The predicted octanol–water partition coefficient (Wildman–Crippen LogP) is 4.28. The number of rotatable bonds is 3. The minimum Gasteiger partial charge on any atom is -0.370 e. The van der Waals surface area contributed by atoms with E-state index in [1.54, 1.807) is 12.3 Å². The van der Waals surface area contributed by atoms with Gasteiger partial charge in [0.2, 0.25) is 0 Å². The smallest absolute Gasteiger partial charge is 0.290 e. The molecule has 170 valence electrons. The zero-order chi connectivity index (χ0) is 22.2. The Balaban J connectivity index is 0.00000259. The first-order valence-corrected chi connectivity index (χ1v) is 11.4. The topological polar surface area (TPSA) is 101 Å². The number of carbonyl (C=O) groups excluding carboxylic acids is 2. The number of nitrogens with one attached hydrogen (secondary N) is 1. The maximum Gasteiger partial charge on any atom is 0.290 e. The number of carbonyl (C=O) groups is 2. The fourth-order valence-electron chi connectivity index (χ4n) is 4.37. The molecule has 3 N–H and O–H groups in total. The summed E-state index contributed by atoms with van der Waals surface area (Å²) in [4.78, 5) is 26.1. The lowest BCUT2D eigenvalue weighted by Crippen LogP contribution is -2.43. The van der Waals surface area contributed by atoms with E-state index in [9.17, 15) is 9.59 Å². The number of aryl methyl sites for hydroxylation is 1. The highest BCUT2D eigenvalue weighted by Crippen LogP contribution is 2.33. The van der Waals surface area contributed by atoms with Crippen LogP contribution >= 0.6 is 24.2 Å². The minimum atomic E-state index is -0.364. The van der Waals surface area contributed by atoms with Crippen molar-refractivity contribution in [2.24, 2.45) is 5.73 Å². The zero-order valence-electron chi connectivity index (χ0n) is 18.1. The van der Waals surface area contributed by atoms with Gasteiger partial charge in [0.05, 0.1) is 16.6 Å². The number of thioether (sulfide) groups is 1. The van der Waals surface area contributed by atoms with Crippen LogP contribution in [0.1, 0.15) is 24.0 Å². The van der Waals surface area contributed by atoms with Crippen LogP contribution in [0.15, 0.2) is 47.5 Å². The van der Waals surface area contributed by atoms with Crippen molar-refractivity contribution in [3.63, 3.8) is 0 Å². The number of amides is 2. The lowest BCUT2D eigenvalue weighted by Gasteiger charge is -2.33. The van der Waals surface area contributed by atoms with Gasteiger partial charge < -0.3 is 10.6 Å². The van der Waals surface area contributed by atoms with E-state index in [-0.39, 0.29) is 29.6 Å². The van der Waals surface area contributed by atoms with E-state index in [0.29, 0.717) is 4.91 Å². The molecule has 0 bridgehead atoms. The Morgan fingerprint density at radius 3 is 2.79 bits per heavy atom. The summed E-state index contributed by atoms with van der Waals surface area (Å²) in [5, 5.41) is 11.3. The Bertz CT molecular complexity index is 1280. The average molecular weight is 482 g/mol. The van der Waals surface area contributed by atoms with Crippen LogP contribution in [0.25, 0.3) is 28.1 Å². The maximum absolute atomic E-state index is 11.9. The number of halogens is 1. The molecule has 2 amide bonds. The first-order valence-electron chi connectivity index (χ1n) is 10.6. The largest absolute Gasteiger partial charge is 0.370 e. The third-order valence-corrected chi connectivity index (χ3v) is 6.72. The fourth-order valence-corrected chi connectivity index (χ4v) is 5.06. The second kappa shape index (κ2) is 9.51. The molecular weight excluding hydrogens is 458 g/mol. The SMILES string of the molecule is Cc1cc(-c2cnnc3ccc(C=C4SC(=O)NC4=O)cc23)ccc1N1CCC[C@@H](N)C1.Cl. The third kappa shape index (κ3) is 4.73. The van der Waals surface area contributed by atoms with Crippen molar-refractivity contribution in [2.75, 3.05) is 18.0 Å². The molecule has 3 aromatic rings. The lowest BCUT2D eigenvalue weighted by atomic mass is 9.98. The molecule has 0 aliphatic carbocycles. The van der Waals surface area contributed by atoms with Gasteiger partial charge >= 0.3 is 0 Å². The molecule has 2 saturated heterocycles. The Kier molecular flexibility index (Phi) is 6.69. The molecule has 7 nitrogen and oxygen atoms in total. The van der Waals surface area contributed by atoms with E-state index >= 15 is 0 Å². The highest BCUT2D eigenvalue weighted by Gasteiger charge is 2.25. The summed E-state index contributed by atoms with van der Waals surface area (Å²) in [6, 6.07) is 12.4. The zero-order valence-corrected chi connectivity index (χ0v) is 19.7. The fraction of sp³-hybridized carbons (Fsp3) is 0.250. The Hall–Kier alpha value is -2.94. The summed E-state index contributed by atoms with van der Waals surface area (Å²) in [5.41, 5.74) is 12.2. The predicted molar refractivity (Wildman–Crippen MR) is 135 cm³/mol. The van der Waals surface area contributed by atoms with Crippen LogP contribution in [0.3, 0.4) is 0 Å². The van der Waals surface area contributed by atoms with E-state index in [1.807, 2.05) is 18.2 Å². The molecule has 0 saturated carbocycles. The van der Waals surface area contributed by atoms with Gasteiger partial charge in [-0.25, -0.2) is 0 Å². The van der Waals surface area contributed by atoms with Crippen LogP contribution in [0.2, 0.25) is 0 Å². The van der Waals surface area contributed by atoms with Crippen molar-refractivity contribution in [2.45, 2.75) is 25.8 Å². The molecular formula is C24H24ClN5O2S. The molecule has 2 fully saturated rings. The van der Waals surface area contributed by atoms with Gasteiger partial charge in [0.1, 0.15) is 0 Å². The van der Waals surface area contributed by atoms with Gasteiger partial charge in [-0.1, -0.05) is 12.1 Å². The van der Waals surface area contributed by atoms with Crippen molar-refractivity contribution in [1.29, 1.82) is 0 Å². The Morgan fingerprint density at radius 1 is 1.21 bits per heavy atom. The second-order valence-corrected chi connectivity index (χ2v) is 9.25. The van der Waals surface area contributed by atoms with E-state index < -0.39 is 0 Å². The Labute approximate surface area is 202 Å². The highest BCUT2D eigenvalue weighted by atomic mass is 35.5.